The minimum absolute atomic E-state index is 0.119. The van der Waals surface area contributed by atoms with Gasteiger partial charge in [-0.1, -0.05) is 23.9 Å². The summed E-state index contributed by atoms with van der Waals surface area (Å²) in [6.07, 6.45) is 4.18. The lowest BCUT2D eigenvalue weighted by atomic mass is 10.1. The van der Waals surface area contributed by atoms with Gasteiger partial charge in [0.25, 0.3) is 5.91 Å². The average molecular weight is 402 g/mol. The number of aromatic nitrogens is 4. The summed E-state index contributed by atoms with van der Waals surface area (Å²) >= 11 is 1.26. The van der Waals surface area contributed by atoms with Crippen molar-refractivity contribution < 1.29 is 14.3 Å². The number of anilines is 1. The standard InChI is InChI=1S/C18H22N6O3S/c25-16(11-28-18-21-22-23-24(18)10-13-4-3-9-27-13)20-15-6-2-1-5-14(15)17(26)19-12-7-8-12/h1-2,5-6,12-13H,3-4,7-11H2,(H,19,26)(H,20,25)/t13-/m1/s1. The molecule has 4 rings (SSSR count). The Kier molecular flexibility index (Phi) is 5.87. The zero-order valence-corrected chi connectivity index (χ0v) is 16.2. The van der Waals surface area contributed by atoms with E-state index in [-0.39, 0.29) is 29.7 Å². The maximum absolute atomic E-state index is 12.4. The number of benzene rings is 1. The molecule has 1 aliphatic carbocycles. The van der Waals surface area contributed by atoms with Gasteiger partial charge in [-0.15, -0.1) is 5.10 Å². The zero-order chi connectivity index (χ0) is 19.3. The number of tetrazole rings is 1. The topological polar surface area (TPSA) is 111 Å². The fourth-order valence-corrected chi connectivity index (χ4v) is 3.68. The Labute approximate surface area is 166 Å². The Balaban J connectivity index is 1.33. The summed E-state index contributed by atoms with van der Waals surface area (Å²) in [4.78, 5) is 24.7. The largest absolute Gasteiger partial charge is 0.376 e. The monoisotopic (exact) mass is 402 g/mol. The van der Waals surface area contributed by atoms with Gasteiger partial charge in [0, 0.05) is 12.6 Å². The Morgan fingerprint density at radius 3 is 2.89 bits per heavy atom. The fourth-order valence-electron chi connectivity index (χ4n) is 2.99. The number of ether oxygens (including phenoxy) is 1. The molecular weight excluding hydrogens is 380 g/mol. The number of nitrogens with one attached hydrogen (secondary N) is 2. The van der Waals surface area contributed by atoms with E-state index in [1.54, 1.807) is 28.9 Å². The molecule has 9 nitrogen and oxygen atoms in total. The van der Waals surface area contributed by atoms with Crippen LogP contribution in [0.4, 0.5) is 5.69 Å². The summed E-state index contributed by atoms with van der Waals surface area (Å²) in [7, 11) is 0. The number of carbonyl (C=O) groups is 2. The predicted molar refractivity (Wildman–Crippen MR) is 103 cm³/mol. The molecule has 0 unspecified atom stereocenters. The van der Waals surface area contributed by atoms with Gasteiger partial charge < -0.3 is 15.4 Å². The van der Waals surface area contributed by atoms with Crippen molar-refractivity contribution in [2.45, 2.75) is 49.5 Å². The van der Waals surface area contributed by atoms with E-state index in [9.17, 15) is 9.59 Å². The number of hydrogen-bond donors (Lipinski definition) is 2. The molecule has 1 aromatic heterocycles. The molecule has 148 valence electrons. The molecule has 2 aliphatic rings. The summed E-state index contributed by atoms with van der Waals surface area (Å²) < 4.78 is 7.28. The van der Waals surface area contributed by atoms with E-state index in [1.807, 2.05) is 0 Å². The molecule has 1 aromatic carbocycles. The summed E-state index contributed by atoms with van der Waals surface area (Å²) in [5, 5.41) is 18.0. The molecule has 2 aromatic rings. The van der Waals surface area contributed by atoms with Crippen LogP contribution in [0.2, 0.25) is 0 Å². The first-order valence-corrected chi connectivity index (χ1v) is 10.4. The first-order valence-electron chi connectivity index (χ1n) is 9.39. The van der Waals surface area contributed by atoms with Gasteiger partial charge >= 0.3 is 0 Å². The van der Waals surface area contributed by atoms with E-state index in [0.29, 0.717) is 23.0 Å². The molecule has 1 saturated carbocycles. The Bertz CT molecular complexity index is 847. The number of carbonyl (C=O) groups excluding carboxylic acids is 2. The van der Waals surface area contributed by atoms with Gasteiger partial charge in [-0.25, -0.2) is 4.68 Å². The molecule has 2 amide bonds. The van der Waals surface area contributed by atoms with E-state index in [4.69, 9.17) is 4.74 Å². The second-order valence-electron chi connectivity index (χ2n) is 6.91. The van der Waals surface area contributed by atoms with Crippen molar-refractivity contribution >= 4 is 29.3 Å². The number of hydrogen-bond acceptors (Lipinski definition) is 7. The molecule has 0 bridgehead atoms. The fraction of sp³-hybridized carbons (Fsp3) is 0.500. The predicted octanol–water partition coefficient (Wildman–Crippen LogP) is 1.48. The maximum atomic E-state index is 12.4. The lowest BCUT2D eigenvalue weighted by Gasteiger charge is -2.11. The zero-order valence-electron chi connectivity index (χ0n) is 15.3. The number of nitrogens with zero attached hydrogens (tertiary/aromatic N) is 4. The van der Waals surface area contributed by atoms with Gasteiger partial charge in [-0.05, 0) is 48.2 Å². The molecule has 1 aliphatic heterocycles. The number of para-hydroxylation sites is 1. The Hall–Kier alpha value is -2.46. The highest BCUT2D eigenvalue weighted by Crippen LogP contribution is 2.22. The molecule has 0 spiro atoms. The van der Waals surface area contributed by atoms with E-state index >= 15 is 0 Å². The minimum Gasteiger partial charge on any atom is -0.376 e. The minimum atomic E-state index is -0.219. The summed E-state index contributed by atoms with van der Waals surface area (Å²) in [5.74, 6) is -0.236. The van der Waals surface area contributed by atoms with Crippen LogP contribution in [0.3, 0.4) is 0 Å². The maximum Gasteiger partial charge on any atom is 0.253 e. The Morgan fingerprint density at radius 2 is 2.11 bits per heavy atom. The van der Waals surface area contributed by atoms with Gasteiger partial charge in [0.15, 0.2) is 0 Å². The second-order valence-corrected chi connectivity index (χ2v) is 7.85. The summed E-state index contributed by atoms with van der Waals surface area (Å²) in [6.45, 7) is 1.35. The van der Waals surface area contributed by atoms with Crippen LogP contribution in [-0.2, 0) is 16.1 Å². The molecule has 10 heteroatoms. The molecule has 2 N–H and O–H groups in total. The van der Waals surface area contributed by atoms with Crippen LogP contribution in [0, 0.1) is 0 Å². The van der Waals surface area contributed by atoms with Crippen LogP contribution < -0.4 is 10.6 Å². The van der Waals surface area contributed by atoms with Gasteiger partial charge in [-0.3, -0.25) is 9.59 Å². The number of amides is 2. The van der Waals surface area contributed by atoms with Gasteiger partial charge in [0.1, 0.15) is 0 Å². The molecular formula is C18H22N6O3S. The smallest absolute Gasteiger partial charge is 0.253 e. The van der Waals surface area contributed by atoms with Crippen molar-refractivity contribution in [2.24, 2.45) is 0 Å². The second kappa shape index (κ2) is 8.70. The first-order chi connectivity index (χ1) is 13.7. The summed E-state index contributed by atoms with van der Waals surface area (Å²) in [5.41, 5.74) is 0.973. The SMILES string of the molecule is O=C(CSc1nnnn1C[C@H]1CCCO1)Nc1ccccc1C(=O)NC1CC1. The molecule has 0 radical (unpaired) electrons. The molecule has 2 fully saturated rings. The first kappa shape index (κ1) is 18.9. The van der Waals surface area contributed by atoms with E-state index < -0.39 is 0 Å². The van der Waals surface area contributed by atoms with Crippen LogP contribution in [0.1, 0.15) is 36.0 Å². The average Bonchev–Trinajstić information content (AvgIpc) is 3.16. The van der Waals surface area contributed by atoms with E-state index in [0.717, 1.165) is 32.3 Å². The third-order valence-corrected chi connectivity index (χ3v) is 5.55. The van der Waals surface area contributed by atoms with Gasteiger partial charge in [-0.2, -0.15) is 0 Å². The van der Waals surface area contributed by atoms with Crippen LogP contribution >= 0.6 is 11.8 Å². The third-order valence-electron chi connectivity index (χ3n) is 4.59. The number of thioether (sulfide) groups is 1. The van der Waals surface area contributed by atoms with Crippen molar-refractivity contribution in [3.63, 3.8) is 0 Å². The highest BCUT2D eigenvalue weighted by atomic mass is 32.2. The quantitative estimate of drug-likeness (QED) is 0.643. The lowest BCUT2D eigenvalue weighted by molar-refractivity contribution is -0.113. The molecule has 2 heterocycles. The lowest BCUT2D eigenvalue weighted by Crippen LogP contribution is -2.27. The Morgan fingerprint density at radius 1 is 1.25 bits per heavy atom. The molecule has 1 saturated heterocycles. The third kappa shape index (κ3) is 4.87. The molecule has 1 atom stereocenters. The number of rotatable bonds is 8. The van der Waals surface area contributed by atoms with E-state index in [1.165, 1.54) is 11.8 Å². The highest BCUT2D eigenvalue weighted by molar-refractivity contribution is 7.99. The van der Waals surface area contributed by atoms with Crippen molar-refractivity contribution in [1.82, 2.24) is 25.5 Å². The van der Waals surface area contributed by atoms with Gasteiger partial charge in [0.2, 0.25) is 11.1 Å². The summed E-state index contributed by atoms with van der Waals surface area (Å²) in [6, 6.07) is 7.27. The van der Waals surface area contributed by atoms with Gasteiger partial charge in [0.05, 0.1) is 29.7 Å². The van der Waals surface area contributed by atoms with Crippen molar-refractivity contribution in [2.75, 3.05) is 17.7 Å². The van der Waals surface area contributed by atoms with Crippen LogP contribution in [0.5, 0.6) is 0 Å². The van der Waals surface area contributed by atoms with E-state index in [2.05, 4.69) is 26.2 Å². The molecule has 28 heavy (non-hydrogen) atoms. The van der Waals surface area contributed by atoms with Crippen molar-refractivity contribution in [1.29, 1.82) is 0 Å². The van der Waals surface area contributed by atoms with Crippen LogP contribution in [-0.4, -0.2) is 56.5 Å². The van der Waals surface area contributed by atoms with Crippen LogP contribution in [0.15, 0.2) is 29.4 Å². The highest BCUT2D eigenvalue weighted by Gasteiger charge is 2.25. The normalized spacial score (nSPS) is 18.8. The van der Waals surface area contributed by atoms with Crippen molar-refractivity contribution in [3.8, 4) is 0 Å². The van der Waals surface area contributed by atoms with Crippen LogP contribution in [0.25, 0.3) is 0 Å². The van der Waals surface area contributed by atoms with Crippen molar-refractivity contribution in [3.05, 3.63) is 29.8 Å².